The molecule has 1 aliphatic carbocycles. The van der Waals surface area contributed by atoms with Crippen LogP contribution in [0.3, 0.4) is 0 Å². The van der Waals surface area contributed by atoms with Crippen LogP contribution in [0.15, 0.2) is 0 Å². The van der Waals surface area contributed by atoms with Crippen LogP contribution in [0.4, 0.5) is 4.79 Å². The average Bonchev–Trinajstić information content (AvgIpc) is 2.76. The summed E-state index contributed by atoms with van der Waals surface area (Å²) in [5.41, 5.74) is 0. The van der Waals surface area contributed by atoms with Gasteiger partial charge in [0.05, 0.1) is 0 Å². The van der Waals surface area contributed by atoms with Crippen LogP contribution in [0, 0.1) is 0 Å². The fraction of sp³-hybridized carbons (Fsp3) is 0.812. The number of amides is 2. The van der Waals surface area contributed by atoms with E-state index < -0.39 is 0 Å². The molecule has 1 aliphatic heterocycles. The van der Waals surface area contributed by atoms with Crippen molar-refractivity contribution in [2.75, 3.05) is 6.54 Å². The summed E-state index contributed by atoms with van der Waals surface area (Å²) in [7, 11) is 0. The summed E-state index contributed by atoms with van der Waals surface area (Å²) in [4.78, 5) is 11.9. The third kappa shape index (κ3) is 3.99. The SMILES string of the molecule is O=C(NCCc1nnc2n1CCCCC2)NC1CCCCC1. The highest BCUT2D eigenvalue weighted by Crippen LogP contribution is 2.17. The van der Waals surface area contributed by atoms with Gasteiger partial charge >= 0.3 is 6.03 Å². The second-order valence-corrected chi connectivity index (χ2v) is 6.48. The molecular weight excluding hydrogens is 278 g/mol. The number of aryl methyl sites for hydroxylation is 1. The molecule has 0 atom stereocenters. The zero-order chi connectivity index (χ0) is 15.2. The van der Waals surface area contributed by atoms with Gasteiger partial charge < -0.3 is 15.2 Å². The number of fused-ring (bicyclic) bond motifs is 1. The third-order valence-electron chi connectivity index (χ3n) is 4.76. The van der Waals surface area contributed by atoms with Gasteiger partial charge in [-0.05, 0) is 25.7 Å². The molecule has 3 rings (SSSR count). The van der Waals surface area contributed by atoms with Crippen LogP contribution < -0.4 is 10.6 Å². The lowest BCUT2D eigenvalue weighted by Gasteiger charge is -2.22. The second kappa shape index (κ2) is 7.61. The number of aromatic nitrogens is 3. The van der Waals surface area contributed by atoms with E-state index >= 15 is 0 Å². The standard InChI is InChI=1S/C16H27N5O/c22-16(18-13-7-3-1-4-8-13)17-11-10-15-20-19-14-9-5-2-6-12-21(14)15/h13H,1-12H2,(H2,17,18,22). The first-order chi connectivity index (χ1) is 10.8. The normalized spacial score (nSPS) is 19.3. The van der Waals surface area contributed by atoms with Crippen LogP contribution in [0.2, 0.25) is 0 Å². The van der Waals surface area contributed by atoms with E-state index in [-0.39, 0.29) is 6.03 Å². The van der Waals surface area contributed by atoms with Crippen molar-refractivity contribution in [3.05, 3.63) is 11.6 Å². The number of urea groups is 1. The number of rotatable bonds is 4. The molecule has 122 valence electrons. The van der Waals surface area contributed by atoms with Gasteiger partial charge in [-0.2, -0.15) is 0 Å². The summed E-state index contributed by atoms with van der Waals surface area (Å²) >= 11 is 0. The first-order valence-corrected chi connectivity index (χ1v) is 8.78. The molecule has 0 aromatic carbocycles. The largest absolute Gasteiger partial charge is 0.338 e. The Bertz CT molecular complexity index is 493. The Morgan fingerprint density at radius 3 is 2.77 bits per heavy atom. The molecule has 0 spiro atoms. The van der Waals surface area contributed by atoms with Crippen molar-refractivity contribution in [1.82, 2.24) is 25.4 Å². The number of carbonyl (C=O) groups is 1. The molecule has 2 aliphatic rings. The van der Waals surface area contributed by atoms with E-state index in [0.29, 0.717) is 12.6 Å². The van der Waals surface area contributed by atoms with Crippen LogP contribution in [-0.4, -0.2) is 33.4 Å². The van der Waals surface area contributed by atoms with Gasteiger partial charge in [-0.1, -0.05) is 25.7 Å². The van der Waals surface area contributed by atoms with Crippen molar-refractivity contribution in [3.8, 4) is 0 Å². The fourth-order valence-corrected chi connectivity index (χ4v) is 3.50. The lowest BCUT2D eigenvalue weighted by atomic mass is 9.96. The van der Waals surface area contributed by atoms with E-state index in [1.165, 1.54) is 38.5 Å². The minimum atomic E-state index is -0.0393. The molecule has 2 heterocycles. The number of nitrogens with one attached hydrogen (secondary N) is 2. The van der Waals surface area contributed by atoms with E-state index in [2.05, 4.69) is 25.4 Å². The van der Waals surface area contributed by atoms with Crippen molar-refractivity contribution >= 4 is 6.03 Å². The number of carbonyl (C=O) groups excluding carboxylic acids is 1. The zero-order valence-electron chi connectivity index (χ0n) is 13.3. The highest BCUT2D eigenvalue weighted by atomic mass is 16.2. The Kier molecular flexibility index (Phi) is 5.29. The molecule has 0 radical (unpaired) electrons. The van der Waals surface area contributed by atoms with Crippen molar-refractivity contribution < 1.29 is 4.79 Å². The quantitative estimate of drug-likeness (QED) is 0.895. The summed E-state index contributed by atoms with van der Waals surface area (Å²) in [5.74, 6) is 2.12. The molecule has 2 amide bonds. The number of nitrogens with zero attached hydrogens (tertiary/aromatic N) is 3. The van der Waals surface area contributed by atoms with Gasteiger partial charge in [0, 0.05) is 32.0 Å². The molecule has 1 saturated carbocycles. The van der Waals surface area contributed by atoms with E-state index in [1.54, 1.807) is 0 Å². The van der Waals surface area contributed by atoms with E-state index in [9.17, 15) is 4.79 Å². The summed E-state index contributed by atoms with van der Waals surface area (Å²) in [6.07, 6.45) is 11.5. The molecule has 1 aromatic heterocycles. The van der Waals surface area contributed by atoms with E-state index in [4.69, 9.17) is 0 Å². The van der Waals surface area contributed by atoms with Gasteiger partial charge in [-0.25, -0.2) is 4.79 Å². The van der Waals surface area contributed by atoms with Crippen molar-refractivity contribution in [2.24, 2.45) is 0 Å². The predicted octanol–water partition coefficient (Wildman–Crippen LogP) is 2.18. The molecule has 0 bridgehead atoms. The first-order valence-electron chi connectivity index (χ1n) is 8.78. The Hall–Kier alpha value is -1.59. The van der Waals surface area contributed by atoms with Crippen LogP contribution >= 0.6 is 0 Å². The van der Waals surface area contributed by atoms with Crippen LogP contribution in [0.5, 0.6) is 0 Å². The lowest BCUT2D eigenvalue weighted by Crippen LogP contribution is -2.43. The minimum Gasteiger partial charge on any atom is -0.338 e. The highest BCUT2D eigenvalue weighted by Gasteiger charge is 2.16. The molecule has 6 heteroatoms. The van der Waals surface area contributed by atoms with Crippen molar-refractivity contribution in [2.45, 2.75) is 76.8 Å². The van der Waals surface area contributed by atoms with Crippen molar-refractivity contribution in [3.63, 3.8) is 0 Å². The molecule has 0 unspecified atom stereocenters. The van der Waals surface area contributed by atoms with Crippen LogP contribution in [-0.2, 0) is 19.4 Å². The average molecular weight is 305 g/mol. The van der Waals surface area contributed by atoms with Gasteiger partial charge in [0.15, 0.2) is 0 Å². The second-order valence-electron chi connectivity index (χ2n) is 6.48. The molecule has 2 N–H and O–H groups in total. The van der Waals surface area contributed by atoms with Gasteiger partial charge in [0.2, 0.25) is 0 Å². The molecule has 0 saturated heterocycles. The van der Waals surface area contributed by atoms with E-state index in [1.807, 2.05) is 0 Å². The lowest BCUT2D eigenvalue weighted by molar-refractivity contribution is 0.232. The summed E-state index contributed by atoms with van der Waals surface area (Å²) in [6, 6.07) is 0.320. The fourth-order valence-electron chi connectivity index (χ4n) is 3.50. The molecular formula is C16H27N5O. The Balaban J connectivity index is 1.43. The Morgan fingerprint density at radius 1 is 1.09 bits per heavy atom. The highest BCUT2D eigenvalue weighted by molar-refractivity contribution is 5.74. The summed E-state index contributed by atoms with van der Waals surface area (Å²) < 4.78 is 2.24. The maximum Gasteiger partial charge on any atom is 0.315 e. The number of hydrogen-bond donors (Lipinski definition) is 2. The van der Waals surface area contributed by atoms with E-state index in [0.717, 1.165) is 43.9 Å². The van der Waals surface area contributed by atoms with Gasteiger partial charge in [-0.15, -0.1) is 10.2 Å². The molecule has 22 heavy (non-hydrogen) atoms. The Morgan fingerprint density at radius 2 is 1.91 bits per heavy atom. The summed E-state index contributed by atoms with van der Waals surface area (Å²) in [5, 5.41) is 14.6. The van der Waals surface area contributed by atoms with Gasteiger partial charge in [0.1, 0.15) is 11.6 Å². The first kappa shape index (κ1) is 15.3. The minimum absolute atomic E-state index is 0.0393. The van der Waals surface area contributed by atoms with Crippen LogP contribution in [0.25, 0.3) is 0 Å². The monoisotopic (exact) mass is 305 g/mol. The summed E-state index contributed by atoms with van der Waals surface area (Å²) in [6.45, 7) is 1.64. The maximum absolute atomic E-state index is 11.9. The van der Waals surface area contributed by atoms with Crippen molar-refractivity contribution in [1.29, 1.82) is 0 Å². The molecule has 6 nitrogen and oxygen atoms in total. The number of hydrogen-bond acceptors (Lipinski definition) is 3. The smallest absolute Gasteiger partial charge is 0.315 e. The topological polar surface area (TPSA) is 71.8 Å². The maximum atomic E-state index is 11.9. The predicted molar refractivity (Wildman–Crippen MR) is 84.7 cm³/mol. The molecule has 1 aromatic rings. The third-order valence-corrected chi connectivity index (χ3v) is 4.76. The van der Waals surface area contributed by atoms with Gasteiger partial charge in [-0.3, -0.25) is 0 Å². The van der Waals surface area contributed by atoms with Crippen LogP contribution in [0.1, 0.15) is 63.0 Å². The Labute approximate surface area is 132 Å². The van der Waals surface area contributed by atoms with Gasteiger partial charge in [0.25, 0.3) is 0 Å². The zero-order valence-corrected chi connectivity index (χ0v) is 13.3. The molecule has 1 fully saturated rings.